The number of anilines is 2. The predicted molar refractivity (Wildman–Crippen MR) is 123 cm³/mol. The van der Waals surface area contributed by atoms with Crippen molar-refractivity contribution in [2.75, 3.05) is 11.9 Å². The third-order valence-electron chi connectivity index (χ3n) is 5.09. The first-order chi connectivity index (χ1) is 14.3. The molecule has 142 valence electrons. The molecule has 0 amide bonds. The highest BCUT2D eigenvalue weighted by atomic mass is 15.2. The zero-order chi connectivity index (χ0) is 20.1. The first-order valence-electron chi connectivity index (χ1n) is 9.87. The third kappa shape index (κ3) is 3.97. The van der Waals surface area contributed by atoms with Gasteiger partial charge in [-0.3, -0.25) is 0 Å². The van der Waals surface area contributed by atoms with Crippen molar-refractivity contribution in [3.8, 4) is 0 Å². The molecule has 0 N–H and O–H groups in total. The van der Waals surface area contributed by atoms with E-state index in [9.17, 15) is 0 Å². The fourth-order valence-electron chi connectivity index (χ4n) is 3.60. The lowest BCUT2D eigenvalue weighted by atomic mass is 10.1. The van der Waals surface area contributed by atoms with Gasteiger partial charge in [-0.05, 0) is 55.0 Å². The lowest BCUT2D eigenvalue weighted by Crippen LogP contribution is -2.34. The minimum Gasteiger partial charge on any atom is -0.229 e. The molecule has 0 aromatic heterocycles. The first-order valence-corrected chi connectivity index (χ1v) is 9.87. The Morgan fingerprint density at radius 2 is 1.03 bits per heavy atom. The van der Waals surface area contributed by atoms with Crippen molar-refractivity contribution in [1.29, 1.82) is 0 Å². The molecule has 0 saturated carbocycles. The molecule has 0 spiro atoms. The highest BCUT2D eigenvalue weighted by Crippen LogP contribution is 2.29. The molecule has 0 aliphatic rings. The molecule has 2 heteroatoms. The van der Waals surface area contributed by atoms with E-state index in [1.165, 1.54) is 11.1 Å². The zero-order valence-corrected chi connectivity index (χ0v) is 16.9. The van der Waals surface area contributed by atoms with Crippen LogP contribution in [0.25, 0.3) is 0 Å². The monoisotopic (exact) mass is 377 g/mol. The van der Waals surface area contributed by atoms with Gasteiger partial charge in [-0.1, -0.05) is 72.8 Å². The smallest absolute Gasteiger partial charge is 0.229 e. The van der Waals surface area contributed by atoms with E-state index in [0.717, 1.165) is 22.9 Å². The fourth-order valence-corrected chi connectivity index (χ4v) is 3.60. The number of amidine groups is 1. The van der Waals surface area contributed by atoms with Crippen molar-refractivity contribution in [3.05, 3.63) is 126 Å². The van der Waals surface area contributed by atoms with Gasteiger partial charge in [-0.25, -0.2) is 4.58 Å². The van der Waals surface area contributed by atoms with Crippen molar-refractivity contribution in [3.63, 3.8) is 0 Å². The Morgan fingerprint density at radius 3 is 1.55 bits per heavy atom. The molecule has 4 rings (SSSR count). The topological polar surface area (TPSA) is 6.25 Å². The van der Waals surface area contributed by atoms with E-state index in [2.05, 4.69) is 139 Å². The Bertz CT molecular complexity index is 1060. The molecular formula is C27H25N2+. The molecule has 0 bridgehead atoms. The SMILES string of the molecule is Cc1ccccc1C(N(c1ccccc1)c1ccccc1)=[N+](C)c1ccccc1. The summed E-state index contributed by atoms with van der Waals surface area (Å²) in [6, 6.07) is 40.2. The first kappa shape index (κ1) is 18.7. The zero-order valence-electron chi connectivity index (χ0n) is 16.9. The lowest BCUT2D eigenvalue weighted by Gasteiger charge is -2.22. The predicted octanol–water partition coefficient (Wildman–Crippen LogP) is 6.55. The van der Waals surface area contributed by atoms with Crippen LogP contribution >= 0.6 is 0 Å². The van der Waals surface area contributed by atoms with Gasteiger partial charge in [-0.15, -0.1) is 0 Å². The Balaban J connectivity index is 2.04. The van der Waals surface area contributed by atoms with Crippen molar-refractivity contribution < 1.29 is 4.58 Å². The lowest BCUT2D eigenvalue weighted by molar-refractivity contribution is -0.405. The van der Waals surface area contributed by atoms with Crippen molar-refractivity contribution in [1.82, 2.24) is 0 Å². The number of hydrogen-bond acceptors (Lipinski definition) is 0. The summed E-state index contributed by atoms with van der Waals surface area (Å²) in [6.45, 7) is 2.17. The fraction of sp³-hybridized carbons (Fsp3) is 0.0741. The van der Waals surface area contributed by atoms with E-state index in [-0.39, 0.29) is 0 Å². The minimum atomic E-state index is 1.12. The van der Waals surface area contributed by atoms with E-state index in [4.69, 9.17) is 0 Å². The van der Waals surface area contributed by atoms with Crippen molar-refractivity contribution >= 4 is 22.9 Å². The van der Waals surface area contributed by atoms with Gasteiger partial charge in [0, 0.05) is 0 Å². The molecule has 29 heavy (non-hydrogen) atoms. The Labute approximate surface area is 173 Å². The van der Waals surface area contributed by atoms with Crippen LogP contribution in [0.3, 0.4) is 0 Å². The van der Waals surface area contributed by atoms with Crippen LogP contribution in [0.4, 0.5) is 17.1 Å². The van der Waals surface area contributed by atoms with E-state index in [1.807, 2.05) is 0 Å². The summed E-state index contributed by atoms with van der Waals surface area (Å²) in [4.78, 5) is 2.33. The number of para-hydroxylation sites is 3. The van der Waals surface area contributed by atoms with Crippen molar-refractivity contribution in [2.45, 2.75) is 6.92 Å². The average Bonchev–Trinajstić information content (AvgIpc) is 2.79. The van der Waals surface area contributed by atoms with Gasteiger partial charge in [0.2, 0.25) is 0 Å². The molecule has 0 unspecified atom stereocenters. The molecule has 0 aliphatic carbocycles. The highest BCUT2D eigenvalue weighted by Gasteiger charge is 2.29. The summed E-state index contributed by atoms with van der Waals surface area (Å²) in [5.74, 6) is 1.12. The molecular weight excluding hydrogens is 352 g/mol. The van der Waals surface area contributed by atoms with Crippen LogP contribution in [0.5, 0.6) is 0 Å². The van der Waals surface area contributed by atoms with Gasteiger partial charge in [0.1, 0.15) is 17.1 Å². The number of benzene rings is 4. The molecule has 0 radical (unpaired) electrons. The molecule has 0 saturated heterocycles. The second-order valence-electron chi connectivity index (χ2n) is 7.04. The third-order valence-corrected chi connectivity index (χ3v) is 5.09. The van der Waals surface area contributed by atoms with Crippen LogP contribution in [-0.2, 0) is 0 Å². The quantitative estimate of drug-likeness (QED) is 0.222. The van der Waals surface area contributed by atoms with Gasteiger partial charge in [0.05, 0.1) is 12.6 Å². The molecule has 4 aromatic rings. The number of rotatable bonds is 4. The van der Waals surface area contributed by atoms with Crippen LogP contribution < -0.4 is 4.90 Å². The van der Waals surface area contributed by atoms with E-state index in [1.54, 1.807) is 0 Å². The summed E-state index contributed by atoms with van der Waals surface area (Å²) in [6.07, 6.45) is 0. The molecule has 0 atom stereocenters. The van der Waals surface area contributed by atoms with Crippen LogP contribution in [-0.4, -0.2) is 17.5 Å². The Hall–Kier alpha value is -3.65. The summed E-state index contributed by atoms with van der Waals surface area (Å²) >= 11 is 0. The van der Waals surface area contributed by atoms with Crippen LogP contribution in [0.2, 0.25) is 0 Å². The highest BCUT2D eigenvalue weighted by molar-refractivity contribution is 6.12. The maximum Gasteiger partial charge on any atom is 0.294 e. The van der Waals surface area contributed by atoms with E-state index < -0.39 is 0 Å². The Morgan fingerprint density at radius 1 is 0.586 bits per heavy atom. The summed E-state index contributed by atoms with van der Waals surface area (Å²) < 4.78 is 2.27. The molecule has 0 fully saturated rings. The van der Waals surface area contributed by atoms with Crippen LogP contribution in [0.1, 0.15) is 11.1 Å². The Kier molecular flexibility index (Phi) is 5.53. The minimum absolute atomic E-state index is 1.12. The van der Waals surface area contributed by atoms with E-state index in [0.29, 0.717) is 0 Å². The van der Waals surface area contributed by atoms with Gasteiger partial charge < -0.3 is 0 Å². The maximum atomic E-state index is 2.33. The standard InChI is InChI=1S/C27H25N2/c1-22-14-12-13-21-26(22)27(28(2)23-15-6-3-7-16-23)29(24-17-8-4-9-18-24)25-19-10-5-11-20-25/h3-21H,1-2H3/q+1. The number of aryl methyl sites for hydroxylation is 1. The number of hydrogen-bond donors (Lipinski definition) is 0. The molecule has 0 heterocycles. The second kappa shape index (κ2) is 8.57. The van der Waals surface area contributed by atoms with Gasteiger partial charge in [-0.2, -0.15) is 4.90 Å². The van der Waals surface area contributed by atoms with Crippen LogP contribution in [0, 0.1) is 6.92 Å². The summed E-state index contributed by atoms with van der Waals surface area (Å²) in [5, 5.41) is 0. The van der Waals surface area contributed by atoms with Gasteiger partial charge >= 0.3 is 0 Å². The molecule has 2 nitrogen and oxygen atoms in total. The number of nitrogens with zero attached hydrogens (tertiary/aromatic N) is 2. The largest absolute Gasteiger partial charge is 0.294 e. The van der Waals surface area contributed by atoms with Gasteiger partial charge in [0.15, 0.2) is 0 Å². The van der Waals surface area contributed by atoms with Crippen molar-refractivity contribution in [2.24, 2.45) is 0 Å². The second-order valence-corrected chi connectivity index (χ2v) is 7.04. The molecule has 4 aromatic carbocycles. The van der Waals surface area contributed by atoms with E-state index >= 15 is 0 Å². The molecule has 0 aliphatic heterocycles. The summed E-state index contributed by atoms with van der Waals surface area (Å²) in [7, 11) is 2.13. The van der Waals surface area contributed by atoms with Gasteiger partial charge in [0.25, 0.3) is 5.84 Å². The maximum absolute atomic E-state index is 2.33. The normalized spacial score (nSPS) is 11.7. The average molecular weight is 378 g/mol. The summed E-state index contributed by atoms with van der Waals surface area (Å²) in [5.41, 5.74) is 5.83. The van der Waals surface area contributed by atoms with Crippen LogP contribution in [0.15, 0.2) is 115 Å².